The van der Waals surface area contributed by atoms with Gasteiger partial charge in [-0.2, -0.15) is 12.6 Å². The van der Waals surface area contributed by atoms with Crippen LogP contribution in [-0.4, -0.2) is 12.5 Å². The third-order valence-corrected chi connectivity index (χ3v) is 4.48. The number of anilines is 1. The van der Waals surface area contributed by atoms with Crippen LogP contribution in [0.15, 0.2) is 42.5 Å². The highest BCUT2D eigenvalue weighted by molar-refractivity contribution is 7.80. The smallest absolute Gasteiger partial charge is 0.262 e. The average Bonchev–Trinajstić information content (AvgIpc) is 2.54. The molecule has 2 unspecified atom stereocenters. The van der Waals surface area contributed by atoms with Crippen molar-refractivity contribution in [2.45, 2.75) is 31.4 Å². The molecule has 2 aromatic carbocycles. The van der Waals surface area contributed by atoms with E-state index in [1.54, 1.807) is 0 Å². The Morgan fingerprint density at radius 2 is 2.00 bits per heavy atom. The van der Waals surface area contributed by atoms with E-state index in [1.807, 2.05) is 12.1 Å². The van der Waals surface area contributed by atoms with Crippen LogP contribution in [0, 0.1) is 0 Å². The second-order valence-corrected chi connectivity index (χ2v) is 6.89. The summed E-state index contributed by atoms with van der Waals surface area (Å²) in [5.41, 5.74) is 4.50. The lowest BCUT2D eigenvalue weighted by Gasteiger charge is -2.20. The molecule has 0 fully saturated rings. The van der Waals surface area contributed by atoms with E-state index < -0.39 is 0 Å². The van der Waals surface area contributed by atoms with Crippen molar-refractivity contribution in [3.05, 3.63) is 59.2 Å². The number of thiol groups is 1. The first kappa shape index (κ1) is 15.9. The zero-order chi connectivity index (χ0) is 16.4. The van der Waals surface area contributed by atoms with Gasteiger partial charge in [-0.05, 0) is 48.1 Å². The average molecular weight is 327 g/mol. The third kappa shape index (κ3) is 3.70. The lowest BCUT2D eigenvalue weighted by atomic mass is 9.92. The predicted octanol–water partition coefficient (Wildman–Crippen LogP) is 4.35. The van der Waals surface area contributed by atoms with Crippen LogP contribution in [0.5, 0.6) is 5.75 Å². The van der Waals surface area contributed by atoms with E-state index in [0.717, 1.165) is 17.9 Å². The summed E-state index contributed by atoms with van der Waals surface area (Å²) in [5, 5.41) is 3.11. The van der Waals surface area contributed by atoms with Gasteiger partial charge in [0, 0.05) is 5.25 Å². The van der Waals surface area contributed by atoms with Gasteiger partial charge in [-0.1, -0.05) is 37.3 Å². The normalized spacial score (nSPS) is 16.0. The SMILES string of the molecule is CC(S)c1cccc(CC(C)c2ccc3c(c2)NC(=O)CO3)c1. The highest BCUT2D eigenvalue weighted by atomic mass is 32.1. The van der Waals surface area contributed by atoms with Crippen molar-refractivity contribution >= 4 is 24.2 Å². The number of ether oxygens (including phenoxy) is 1. The summed E-state index contributed by atoms with van der Waals surface area (Å²) in [6, 6.07) is 14.6. The summed E-state index contributed by atoms with van der Waals surface area (Å²) in [6.07, 6.45) is 0.946. The first-order valence-corrected chi connectivity index (χ1v) is 8.38. The molecular formula is C19H21NO2S. The molecule has 1 aliphatic rings. The number of hydrogen-bond acceptors (Lipinski definition) is 3. The van der Waals surface area contributed by atoms with Gasteiger partial charge in [-0.3, -0.25) is 4.79 Å². The Labute approximate surface area is 142 Å². The second-order valence-electron chi connectivity index (χ2n) is 6.12. The molecular weight excluding hydrogens is 306 g/mol. The summed E-state index contributed by atoms with van der Waals surface area (Å²) in [5.74, 6) is 0.994. The molecule has 2 aromatic rings. The molecule has 1 aliphatic heterocycles. The van der Waals surface area contributed by atoms with Crippen LogP contribution in [0.1, 0.15) is 41.7 Å². The van der Waals surface area contributed by atoms with Crippen LogP contribution in [0.2, 0.25) is 0 Å². The van der Waals surface area contributed by atoms with E-state index >= 15 is 0 Å². The molecule has 0 radical (unpaired) electrons. The van der Waals surface area contributed by atoms with Gasteiger partial charge in [0.2, 0.25) is 0 Å². The first-order valence-electron chi connectivity index (χ1n) is 7.86. The number of amides is 1. The van der Waals surface area contributed by atoms with Crippen LogP contribution in [-0.2, 0) is 11.2 Å². The van der Waals surface area contributed by atoms with Gasteiger partial charge in [0.25, 0.3) is 5.91 Å². The Morgan fingerprint density at radius 3 is 2.78 bits per heavy atom. The summed E-state index contributed by atoms with van der Waals surface area (Å²) >= 11 is 4.50. The highest BCUT2D eigenvalue weighted by Gasteiger charge is 2.17. The van der Waals surface area contributed by atoms with Crippen LogP contribution in [0.4, 0.5) is 5.69 Å². The van der Waals surface area contributed by atoms with Crippen LogP contribution >= 0.6 is 12.6 Å². The van der Waals surface area contributed by atoms with Crippen LogP contribution < -0.4 is 10.1 Å². The quantitative estimate of drug-likeness (QED) is 0.819. The lowest BCUT2D eigenvalue weighted by molar-refractivity contribution is -0.118. The first-order chi connectivity index (χ1) is 11.0. The van der Waals surface area contributed by atoms with Crippen molar-refractivity contribution in [2.24, 2.45) is 0 Å². The Bertz CT molecular complexity index is 727. The lowest BCUT2D eigenvalue weighted by Crippen LogP contribution is -2.25. The molecule has 0 aliphatic carbocycles. The molecule has 23 heavy (non-hydrogen) atoms. The fourth-order valence-corrected chi connectivity index (χ4v) is 3.02. The fourth-order valence-electron chi connectivity index (χ4n) is 2.86. The van der Waals surface area contributed by atoms with Crippen LogP contribution in [0.3, 0.4) is 0 Å². The van der Waals surface area contributed by atoms with Crippen molar-refractivity contribution < 1.29 is 9.53 Å². The molecule has 1 amide bonds. The van der Waals surface area contributed by atoms with Crippen molar-refractivity contribution in [3.8, 4) is 5.75 Å². The predicted molar refractivity (Wildman–Crippen MR) is 96.5 cm³/mol. The molecule has 0 saturated carbocycles. The number of benzene rings is 2. The number of carbonyl (C=O) groups is 1. The van der Waals surface area contributed by atoms with Crippen molar-refractivity contribution in [2.75, 3.05) is 11.9 Å². The monoisotopic (exact) mass is 327 g/mol. The zero-order valence-corrected chi connectivity index (χ0v) is 14.3. The van der Waals surface area contributed by atoms with E-state index in [-0.39, 0.29) is 17.8 Å². The Kier molecular flexibility index (Phi) is 4.62. The molecule has 0 bridgehead atoms. The molecule has 4 heteroatoms. The molecule has 3 nitrogen and oxygen atoms in total. The molecule has 3 rings (SSSR count). The van der Waals surface area contributed by atoms with E-state index in [4.69, 9.17) is 4.74 Å². The number of carbonyl (C=O) groups excluding carboxylic acids is 1. The second kappa shape index (κ2) is 6.67. The maximum Gasteiger partial charge on any atom is 0.262 e. The standard InChI is InChI=1S/C19H21NO2S/c1-12(8-14-4-3-5-16(9-14)13(2)23)15-6-7-18-17(10-15)20-19(21)11-22-18/h3-7,9-10,12-13,23H,8,11H2,1-2H3,(H,20,21). The van der Waals surface area contributed by atoms with E-state index in [9.17, 15) is 4.79 Å². The van der Waals surface area contributed by atoms with Gasteiger partial charge in [0.05, 0.1) is 5.69 Å². The molecule has 120 valence electrons. The Balaban J connectivity index is 1.78. The Hall–Kier alpha value is -1.94. The topological polar surface area (TPSA) is 38.3 Å². The summed E-state index contributed by atoms with van der Waals surface area (Å²) < 4.78 is 5.41. The van der Waals surface area contributed by atoms with Gasteiger partial charge < -0.3 is 10.1 Å². The van der Waals surface area contributed by atoms with Crippen molar-refractivity contribution in [3.63, 3.8) is 0 Å². The maximum absolute atomic E-state index is 11.5. The van der Waals surface area contributed by atoms with Crippen molar-refractivity contribution in [1.82, 2.24) is 0 Å². The molecule has 1 heterocycles. The number of hydrogen-bond donors (Lipinski definition) is 2. The fraction of sp³-hybridized carbons (Fsp3) is 0.316. The number of rotatable bonds is 4. The minimum Gasteiger partial charge on any atom is -0.482 e. The van der Waals surface area contributed by atoms with Gasteiger partial charge >= 0.3 is 0 Å². The molecule has 0 saturated heterocycles. The van der Waals surface area contributed by atoms with Gasteiger partial charge in [-0.15, -0.1) is 0 Å². The van der Waals surface area contributed by atoms with Crippen LogP contribution in [0.25, 0.3) is 0 Å². The van der Waals surface area contributed by atoms with Gasteiger partial charge in [0.1, 0.15) is 5.75 Å². The van der Waals surface area contributed by atoms with Gasteiger partial charge in [-0.25, -0.2) is 0 Å². The zero-order valence-electron chi connectivity index (χ0n) is 13.4. The number of nitrogens with one attached hydrogen (secondary N) is 1. The number of fused-ring (bicyclic) bond motifs is 1. The van der Waals surface area contributed by atoms with E-state index in [2.05, 4.69) is 62.1 Å². The van der Waals surface area contributed by atoms with E-state index in [0.29, 0.717) is 5.92 Å². The summed E-state index contributed by atoms with van der Waals surface area (Å²) in [6.45, 7) is 4.37. The maximum atomic E-state index is 11.5. The highest BCUT2D eigenvalue weighted by Crippen LogP contribution is 2.32. The van der Waals surface area contributed by atoms with Gasteiger partial charge in [0.15, 0.2) is 6.61 Å². The van der Waals surface area contributed by atoms with E-state index in [1.165, 1.54) is 16.7 Å². The third-order valence-electron chi connectivity index (χ3n) is 4.18. The summed E-state index contributed by atoms with van der Waals surface area (Å²) in [4.78, 5) is 11.5. The minimum atomic E-state index is -0.0993. The molecule has 0 aromatic heterocycles. The van der Waals surface area contributed by atoms with Crippen molar-refractivity contribution in [1.29, 1.82) is 0 Å². The Morgan fingerprint density at radius 1 is 1.17 bits per heavy atom. The largest absolute Gasteiger partial charge is 0.482 e. The minimum absolute atomic E-state index is 0.0939. The summed E-state index contributed by atoms with van der Waals surface area (Å²) in [7, 11) is 0. The molecule has 0 spiro atoms. The molecule has 1 N–H and O–H groups in total. The molecule has 2 atom stereocenters.